The van der Waals surface area contributed by atoms with Gasteiger partial charge in [0.1, 0.15) is 32.6 Å². The molecule has 12 aromatic rings. The summed E-state index contributed by atoms with van der Waals surface area (Å²) in [7, 11) is 0. The van der Waals surface area contributed by atoms with Gasteiger partial charge < -0.3 is 59.0 Å². The van der Waals surface area contributed by atoms with E-state index >= 15 is 0 Å². The molecule has 8 heterocycles. The fraction of sp³-hybridized carbons (Fsp3) is 0.222. The summed E-state index contributed by atoms with van der Waals surface area (Å²) in [6.45, 7) is 18.3. The number of hydrogen-bond donors (Lipinski definition) is 3. The summed E-state index contributed by atoms with van der Waals surface area (Å²) in [6, 6.07) is 22.9. The predicted molar refractivity (Wildman–Crippen MR) is 436 cm³/mol. The number of halogens is 4. The quantitative estimate of drug-likeness (QED) is 0.0159. The molecule has 120 heavy (non-hydrogen) atoms. The van der Waals surface area contributed by atoms with Crippen LogP contribution in [0.1, 0.15) is 69.2 Å². The van der Waals surface area contributed by atoms with Crippen LogP contribution in [-0.4, -0.2) is 138 Å². The van der Waals surface area contributed by atoms with Gasteiger partial charge in [-0.3, -0.25) is 75.1 Å². The predicted octanol–water partition coefficient (Wildman–Crippen LogP) is 10.0. The number of carbonyl (C=O) groups excluding carboxylic acids is 1. The van der Waals surface area contributed by atoms with Crippen LogP contribution in [0.4, 0.5) is 45.6 Å². The van der Waals surface area contributed by atoms with Crippen LogP contribution >= 0.6 is 46.4 Å². The van der Waals surface area contributed by atoms with Crippen molar-refractivity contribution in [2.75, 3.05) is 10.6 Å². The van der Waals surface area contributed by atoms with Crippen molar-refractivity contribution in [3.8, 4) is 52.7 Å². The van der Waals surface area contributed by atoms with Crippen molar-refractivity contribution >= 4 is 148 Å². The van der Waals surface area contributed by atoms with Crippen LogP contribution < -0.4 is 80.2 Å². The Balaban J connectivity index is 0.000000233. The van der Waals surface area contributed by atoms with Gasteiger partial charge in [-0.05, 0) is 99.6 Å². The summed E-state index contributed by atoms with van der Waals surface area (Å²) >= 11 is 22.9. The van der Waals surface area contributed by atoms with Crippen molar-refractivity contribution in [3.63, 3.8) is 0 Å². The Morgan fingerprint density at radius 1 is 0.450 bits per heavy atom. The molecule has 0 bridgehead atoms. The maximum absolute atomic E-state index is 11.8. The molecule has 7 N–H and O–H groups in total. The first-order valence-electron chi connectivity index (χ1n) is 34.0. The van der Waals surface area contributed by atoms with Crippen LogP contribution in [0.3, 0.4) is 0 Å². The van der Waals surface area contributed by atoms with Gasteiger partial charge in [0.15, 0.2) is 32.8 Å². The number of benzene rings is 5. The van der Waals surface area contributed by atoms with Crippen molar-refractivity contribution in [3.05, 3.63) is 241 Å². The average molecular weight is 1740 g/mol. The number of nitro benzene ring substituents is 5. The van der Waals surface area contributed by atoms with Crippen LogP contribution in [0.5, 0.6) is 29.4 Å². The summed E-state index contributed by atoms with van der Waals surface area (Å²) in [6.07, 6.45) is 8.36. The van der Waals surface area contributed by atoms with Crippen LogP contribution in [0.2, 0.25) is 20.4 Å². The zero-order valence-electron chi connectivity index (χ0n) is 64.4. The smallest absolute Gasteiger partial charge is 0.653 e. The third-order valence-electron chi connectivity index (χ3n) is 14.9. The molecule has 48 heteroatoms. The molecule has 1 unspecified atom stereocenters. The molecular weight excluding hydrogens is 1670 g/mol. The van der Waals surface area contributed by atoms with Gasteiger partial charge in [0, 0.05) is 110 Å². The second-order valence-electron chi connectivity index (χ2n) is 25.4. The minimum Gasteiger partial charge on any atom is -0.653 e. The molecule has 1 atom stereocenters. The Bertz CT molecular complexity index is 6170. The van der Waals surface area contributed by atoms with Crippen molar-refractivity contribution in [2.24, 2.45) is 4.99 Å². The Labute approximate surface area is 716 Å². The van der Waals surface area contributed by atoms with Crippen molar-refractivity contribution in [1.29, 1.82) is 10.7 Å². The van der Waals surface area contributed by atoms with Crippen LogP contribution in [0.15, 0.2) is 154 Å². The number of nitrogens with zero attached hydrogens (tertiary/aromatic N) is 19. The van der Waals surface area contributed by atoms with E-state index < -0.39 is 36.7 Å². The third kappa shape index (κ3) is 24.2. The van der Waals surface area contributed by atoms with Gasteiger partial charge in [-0.2, -0.15) is 5.26 Å². The van der Waals surface area contributed by atoms with E-state index in [2.05, 4.69) is 60.8 Å². The van der Waals surface area contributed by atoms with E-state index in [1.165, 1.54) is 148 Å². The molecule has 13 rings (SSSR count). The monoisotopic (exact) mass is 1740 g/mol. The molecule has 43 nitrogen and oxygen atoms in total. The molecular formula is C72H65Cl4N22NaO21. The third-order valence-corrected chi connectivity index (χ3v) is 16.1. The summed E-state index contributed by atoms with van der Waals surface area (Å²) in [4.78, 5) is 136. The summed E-state index contributed by atoms with van der Waals surface area (Å²) in [5.41, 5.74) is 1.97. The molecule has 1 aliphatic rings. The largest absolute Gasteiger partial charge is 1.00 e. The fourth-order valence-corrected chi connectivity index (χ4v) is 10.9. The van der Waals surface area contributed by atoms with Crippen LogP contribution in [-0.2, 0) is 4.79 Å². The molecule has 5 aromatic carbocycles. The second kappa shape index (κ2) is 41.9. The van der Waals surface area contributed by atoms with Gasteiger partial charge >= 0.3 is 29.6 Å². The average Bonchev–Trinajstić information content (AvgIpc) is 0.793. The SMILES string of the molecule is CC(C)Oc1nc2cc(-n3ccc(=O)cc3)c([N+](=O)[O-])cc2nc1OC(C)C.CC(C)Oc1nc2cc(Cl)c([N+](=O)[O-])cc2nc1OC(C)C.CC(C)Oc1nc2cc([N+](=O)[O-])c(-n3ccc(=O)cc3)cc2nc1NC#N.N=C=NC1[N-]c2cc(-n3ccc(=O)cc3)c([N+](=O)[O-])cc2NC1=O.O.O.O=[N+]([O-])c1cc2nc(Cl)c(Cl)nc2cc1Cl.[Na+]. The fourth-order valence-electron chi connectivity index (χ4n) is 10.2. The van der Waals surface area contributed by atoms with Gasteiger partial charge in [-0.25, -0.2) is 50.3 Å². The minimum absolute atomic E-state index is 0. The van der Waals surface area contributed by atoms with E-state index in [1.54, 1.807) is 26.0 Å². The van der Waals surface area contributed by atoms with Crippen molar-refractivity contribution < 1.29 is 93.6 Å². The molecule has 0 spiro atoms. The molecule has 0 radical (unpaired) electrons. The van der Waals surface area contributed by atoms with E-state index in [0.717, 1.165) is 0 Å². The van der Waals surface area contributed by atoms with Crippen LogP contribution in [0.25, 0.3) is 66.5 Å². The Hall–Kier alpha value is -13.7. The Morgan fingerprint density at radius 3 is 1.07 bits per heavy atom. The summed E-state index contributed by atoms with van der Waals surface area (Å²) in [5, 5.41) is 80.7. The maximum Gasteiger partial charge on any atom is 1.00 e. The molecule has 0 saturated carbocycles. The number of nitro groups is 5. The molecule has 7 aromatic heterocycles. The van der Waals surface area contributed by atoms with E-state index in [0.29, 0.717) is 33.1 Å². The van der Waals surface area contributed by atoms with Crippen molar-refractivity contribution in [1.82, 2.24) is 53.6 Å². The van der Waals surface area contributed by atoms with Gasteiger partial charge in [0.25, 0.3) is 57.8 Å². The summed E-state index contributed by atoms with van der Waals surface area (Å²) < 4.78 is 32.4. The van der Waals surface area contributed by atoms with Crippen LogP contribution in [0, 0.1) is 67.4 Å². The number of nitrogens with one attached hydrogen (secondary N) is 3. The number of fused-ring (bicyclic) bond motifs is 5. The first-order chi connectivity index (χ1) is 55.4. The number of amides is 1. The number of hydrogen-bond acceptors (Lipinski definition) is 31. The van der Waals surface area contributed by atoms with Gasteiger partial charge in [-0.15, -0.1) is 5.69 Å². The second-order valence-corrected chi connectivity index (χ2v) is 26.9. The number of anilines is 2. The van der Waals surface area contributed by atoms with E-state index in [1.807, 2.05) is 55.4 Å². The van der Waals surface area contributed by atoms with Crippen molar-refractivity contribution in [2.45, 2.75) is 106 Å². The standard InChI is InChI=1S/C19H20N4O5.C17H14N6O4.C14H16ClN3O4.C14H9N6O4.C8H2Cl3N3O2.Na.2H2O/c1-11(2)27-18-19(28-12(3)4)21-15-10-17(23(25)26)16(9-14(15)20-18)22-7-5-13(24)6-8-22;1-10(2)27-17-16(19-9-18)20-12-7-14(22-5-3-11(24)4-6-22)15(23(25)26)8-13(12)21-17;1-7(2)21-13-14(22-8(3)4)17-11-6-12(18(19)20)9(15)5-10(11)16-13;15-7-16-13-14(22)18-10-6-12(20(23)24)11(5-9(10)17-13)19-3-1-8(21)2-4-19;9-3-1-4-5(2-6(3)14(15)16)13-8(11)7(10)12-4;;;/h5-12H,1-4H3;3-8,10H,1-2H3,(H,19,20);5-8H,1-4H3;1-6,13,15H,(H,18,22);1-2H;;2*1H2/q;;;-1;;+1;;. The molecule has 1 aliphatic heterocycles. The molecule has 0 aliphatic carbocycles. The number of ether oxygens (including phenoxy) is 5. The van der Waals surface area contributed by atoms with E-state index in [9.17, 15) is 69.7 Å². The van der Waals surface area contributed by atoms with E-state index in [-0.39, 0.29) is 211 Å². The zero-order chi connectivity index (χ0) is 85.5. The number of aromatic nitrogens is 11. The van der Waals surface area contributed by atoms with E-state index in [4.69, 9.17) is 80.8 Å². The number of rotatable bonds is 20. The number of nitriles is 1. The summed E-state index contributed by atoms with van der Waals surface area (Å²) in [5.74, 6) is 0.419. The maximum atomic E-state index is 11.8. The first-order valence-corrected chi connectivity index (χ1v) is 35.5. The number of pyridine rings is 3. The minimum atomic E-state index is -1.17. The molecule has 0 saturated heterocycles. The van der Waals surface area contributed by atoms with Gasteiger partial charge in [0.2, 0.25) is 11.7 Å². The number of carbonyl (C=O) groups is 1. The normalized spacial score (nSPS) is 11.6. The Morgan fingerprint density at radius 2 is 0.733 bits per heavy atom. The molecule has 0 fully saturated rings. The van der Waals surface area contributed by atoms with Gasteiger partial charge in [-0.1, -0.05) is 46.4 Å². The van der Waals surface area contributed by atoms with Gasteiger partial charge in [0.05, 0.1) is 106 Å². The Kier molecular flexibility index (Phi) is 33.3. The zero-order valence-corrected chi connectivity index (χ0v) is 69.5. The topological polar surface area (TPSA) is 609 Å². The number of aliphatic imine (C=N–C) groups is 1. The molecule has 618 valence electrons. The molecule has 1 amide bonds. The first kappa shape index (κ1) is 95.2.